The number of phenols is 1. The molecule has 1 N–H and O–H groups in total. The summed E-state index contributed by atoms with van der Waals surface area (Å²) < 4.78 is 0. The lowest BCUT2D eigenvalue weighted by Gasteiger charge is -2.33. The third-order valence-corrected chi connectivity index (χ3v) is 3.05. The molecular formula is C13H15N3O2. The molecule has 1 aromatic carbocycles. The largest absolute Gasteiger partial charge is 0.508 e. The van der Waals surface area contributed by atoms with E-state index in [1.165, 1.54) is 6.07 Å². The van der Waals surface area contributed by atoms with Crippen LogP contribution in [0.3, 0.4) is 0 Å². The minimum absolute atomic E-state index is 0.0671. The highest BCUT2D eigenvalue weighted by Crippen LogP contribution is 2.14. The number of carbonyl (C=O) groups excluding carboxylic acids is 1. The van der Waals surface area contributed by atoms with Gasteiger partial charge in [0.1, 0.15) is 5.75 Å². The van der Waals surface area contributed by atoms with Gasteiger partial charge in [0.05, 0.1) is 12.6 Å². The monoisotopic (exact) mass is 245 g/mol. The summed E-state index contributed by atoms with van der Waals surface area (Å²) >= 11 is 0. The number of phenolic OH excluding ortho intramolecular Hbond substituents is 1. The first-order valence-electron chi connectivity index (χ1n) is 5.88. The molecule has 0 aromatic heterocycles. The zero-order valence-electron chi connectivity index (χ0n) is 10.0. The lowest BCUT2D eigenvalue weighted by Crippen LogP contribution is -2.48. The molecule has 0 unspecified atom stereocenters. The average molecular weight is 245 g/mol. The Kier molecular flexibility index (Phi) is 3.80. The van der Waals surface area contributed by atoms with Crippen molar-refractivity contribution in [2.24, 2.45) is 0 Å². The molecule has 1 amide bonds. The maximum Gasteiger partial charge on any atom is 0.254 e. The molecule has 5 nitrogen and oxygen atoms in total. The van der Waals surface area contributed by atoms with Gasteiger partial charge in [0, 0.05) is 31.7 Å². The van der Waals surface area contributed by atoms with Crippen LogP contribution in [0.15, 0.2) is 24.3 Å². The average Bonchev–Trinajstić information content (AvgIpc) is 2.39. The van der Waals surface area contributed by atoms with Crippen molar-refractivity contribution in [3.63, 3.8) is 0 Å². The van der Waals surface area contributed by atoms with Crippen molar-refractivity contribution < 1.29 is 9.90 Å². The van der Waals surface area contributed by atoms with Crippen molar-refractivity contribution in [2.75, 3.05) is 32.7 Å². The van der Waals surface area contributed by atoms with Crippen LogP contribution >= 0.6 is 0 Å². The van der Waals surface area contributed by atoms with Crippen LogP contribution in [-0.4, -0.2) is 53.5 Å². The molecule has 5 heteroatoms. The van der Waals surface area contributed by atoms with E-state index in [0.29, 0.717) is 25.2 Å². The smallest absolute Gasteiger partial charge is 0.254 e. The van der Waals surface area contributed by atoms with Crippen molar-refractivity contribution in [2.45, 2.75) is 0 Å². The minimum atomic E-state index is -0.0671. The van der Waals surface area contributed by atoms with E-state index in [1.54, 1.807) is 23.1 Å². The Bertz CT molecular complexity index is 473. The fraction of sp³-hybridized carbons (Fsp3) is 0.385. The summed E-state index contributed by atoms with van der Waals surface area (Å²) in [7, 11) is 0. The summed E-state index contributed by atoms with van der Waals surface area (Å²) in [6.07, 6.45) is 0. The Balaban J connectivity index is 1.98. The maximum absolute atomic E-state index is 12.1. The molecule has 2 rings (SSSR count). The fourth-order valence-electron chi connectivity index (χ4n) is 2.03. The van der Waals surface area contributed by atoms with Gasteiger partial charge in [-0.15, -0.1) is 0 Å². The predicted molar refractivity (Wildman–Crippen MR) is 66.1 cm³/mol. The Labute approximate surface area is 106 Å². The van der Waals surface area contributed by atoms with E-state index < -0.39 is 0 Å². The molecule has 94 valence electrons. The van der Waals surface area contributed by atoms with E-state index in [0.717, 1.165) is 13.1 Å². The summed E-state index contributed by atoms with van der Waals surface area (Å²) in [4.78, 5) is 15.9. The van der Waals surface area contributed by atoms with Crippen molar-refractivity contribution in [3.05, 3.63) is 29.8 Å². The predicted octanol–water partition coefficient (Wildman–Crippen LogP) is 0.674. The quantitative estimate of drug-likeness (QED) is 0.778. The van der Waals surface area contributed by atoms with Gasteiger partial charge in [-0.3, -0.25) is 9.69 Å². The molecule has 1 heterocycles. The van der Waals surface area contributed by atoms with Gasteiger partial charge in [-0.05, 0) is 18.2 Å². The lowest BCUT2D eigenvalue weighted by atomic mass is 10.1. The minimum Gasteiger partial charge on any atom is -0.508 e. The van der Waals surface area contributed by atoms with E-state index >= 15 is 0 Å². The normalized spacial score (nSPS) is 16.3. The van der Waals surface area contributed by atoms with Crippen molar-refractivity contribution in [1.82, 2.24) is 9.80 Å². The van der Waals surface area contributed by atoms with E-state index in [1.807, 2.05) is 4.90 Å². The Morgan fingerprint density at radius 1 is 1.33 bits per heavy atom. The summed E-state index contributed by atoms with van der Waals surface area (Å²) in [5, 5.41) is 18.0. The number of hydrogen-bond donors (Lipinski definition) is 1. The van der Waals surface area contributed by atoms with Crippen LogP contribution in [0.2, 0.25) is 0 Å². The molecule has 1 aliphatic heterocycles. The number of amides is 1. The van der Waals surface area contributed by atoms with Crippen molar-refractivity contribution in [1.29, 1.82) is 5.26 Å². The Hall–Kier alpha value is -2.06. The molecule has 1 saturated heterocycles. The maximum atomic E-state index is 12.1. The number of piperazine rings is 1. The number of carbonyl (C=O) groups is 1. The number of benzene rings is 1. The molecule has 0 saturated carbocycles. The van der Waals surface area contributed by atoms with E-state index in [2.05, 4.69) is 6.07 Å². The molecule has 0 radical (unpaired) electrons. The molecule has 0 spiro atoms. The van der Waals surface area contributed by atoms with Gasteiger partial charge in [-0.1, -0.05) is 6.07 Å². The number of nitrogens with zero attached hydrogens (tertiary/aromatic N) is 3. The fourth-order valence-corrected chi connectivity index (χ4v) is 2.03. The molecule has 1 aromatic rings. The number of hydrogen-bond acceptors (Lipinski definition) is 4. The molecule has 0 aliphatic carbocycles. The third kappa shape index (κ3) is 2.79. The van der Waals surface area contributed by atoms with Gasteiger partial charge in [0.15, 0.2) is 0 Å². The first kappa shape index (κ1) is 12.4. The highest BCUT2D eigenvalue weighted by Gasteiger charge is 2.21. The lowest BCUT2D eigenvalue weighted by molar-refractivity contribution is 0.0651. The van der Waals surface area contributed by atoms with Gasteiger partial charge < -0.3 is 10.0 Å². The van der Waals surface area contributed by atoms with Crippen LogP contribution in [0.5, 0.6) is 5.75 Å². The second kappa shape index (κ2) is 5.52. The van der Waals surface area contributed by atoms with Gasteiger partial charge >= 0.3 is 0 Å². The number of aromatic hydroxyl groups is 1. The number of rotatable bonds is 2. The second-order valence-electron chi connectivity index (χ2n) is 4.28. The third-order valence-electron chi connectivity index (χ3n) is 3.05. The Morgan fingerprint density at radius 2 is 2.06 bits per heavy atom. The molecule has 1 aliphatic rings. The first-order chi connectivity index (χ1) is 8.70. The van der Waals surface area contributed by atoms with Crippen LogP contribution < -0.4 is 0 Å². The summed E-state index contributed by atoms with van der Waals surface area (Å²) in [5.41, 5.74) is 0.503. The molecule has 0 atom stereocenters. The van der Waals surface area contributed by atoms with Crippen LogP contribution in [-0.2, 0) is 0 Å². The summed E-state index contributed by atoms with van der Waals surface area (Å²) in [5.74, 6) is 0.0338. The van der Waals surface area contributed by atoms with Crippen molar-refractivity contribution in [3.8, 4) is 11.8 Å². The van der Waals surface area contributed by atoms with Crippen LogP contribution in [0.25, 0.3) is 0 Å². The first-order valence-corrected chi connectivity index (χ1v) is 5.88. The molecule has 18 heavy (non-hydrogen) atoms. The molecule has 1 fully saturated rings. The van der Waals surface area contributed by atoms with Crippen LogP contribution in [0, 0.1) is 11.3 Å². The van der Waals surface area contributed by atoms with Gasteiger partial charge in [-0.2, -0.15) is 5.26 Å². The van der Waals surface area contributed by atoms with E-state index in [-0.39, 0.29) is 11.7 Å². The van der Waals surface area contributed by atoms with E-state index in [4.69, 9.17) is 5.26 Å². The molecular weight excluding hydrogens is 230 g/mol. The van der Waals surface area contributed by atoms with Gasteiger partial charge in [-0.25, -0.2) is 0 Å². The van der Waals surface area contributed by atoms with Crippen LogP contribution in [0.4, 0.5) is 0 Å². The van der Waals surface area contributed by atoms with Gasteiger partial charge in [0.25, 0.3) is 5.91 Å². The topological polar surface area (TPSA) is 67.6 Å². The van der Waals surface area contributed by atoms with Crippen molar-refractivity contribution >= 4 is 5.91 Å². The Morgan fingerprint density at radius 3 is 2.67 bits per heavy atom. The highest BCUT2D eigenvalue weighted by molar-refractivity contribution is 5.94. The summed E-state index contributed by atoms with van der Waals surface area (Å²) in [6, 6.07) is 8.49. The standard InChI is InChI=1S/C13H15N3O2/c14-4-5-15-6-8-16(9-7-15)13(18)11-2-1-3-12(17)10-11/h1-3,10,17H,5-9H2. The zero-order valence-corrected chi connectivity index (χ0v) is 10.0. The highest BCUT2D eigenvalue weighted by atomic mass is 16.3. The van der Waals surface area contributed by atoms with Crippen LogP contribution in [0.1, 0.15) is 10.4 Å². The zero-order chi connectivity index (χ0) is 13.0. The second-order valence-corrected chi connectivity index (χ2v) is 4.28. The SMILES string of the molecule is N#CCN1CCN(C(=O)c2cccc(O)c2)CC1. The van der Waals surface area contributed by atoms with Gasteiger partial charge in [0.2, 0.25) is 0 Å². The van der Waals surface area contributed by atoms with E-state index in [9.17, 15) is 9.90 Å². The summed E-state index contributed by atoms with van der Waals surface area (Å²) in [6.45, 7) is 3.09. The number of nitriles is 1. The molecule has 0 bridgehead atoms.